The number of pyridine rings is 1. The molecule has 8 heteroatoms. The van der Waals surface area contributed by atoms with Crippen molar-refractivity contribution in [3.8, 4) is 0 Å². The molecular formula is C12H12N6OS. The first-order chi connectivity index (χ1) is 9.72. The van der Waals surface area contributed by atoms with Gasteiger partial charge in [-0.25, -0.2) is 9.78 Å². The highest BCUT2D eigenvalue weighted by Gasteiger charge is 2.08. The largest absolute Gasteiger partial charge is 0.331 e. The van der Waals surface area contributed by atoms with Crippen molar-refractivity contribution in [2.24, 2.45) is 0 Å². The molecule has 2 amide bonds. The summed E-state index contributed by atoms with van der Waals surface area (Å²) >= 11 is 1.55. The van der Waals surface area contributed by atoms with Gasteiger partial charge in [0.2, 0.25) is 5.95 Å². The minimum atomic E-state index is -0.337. The van der Waals surface area contributed by atoms with Crippen LogP contribution in [0.15, 0.2) is 30.6 Å². The van der Waals surface area contributed by atoms with Crippen LogP contribution in [0.1, 0.15) is 9.88 Å². The molecule has 0 aliphatic rings. The zero-order chi connectivity index (χ0) is 13.9. The Morgan fingerprint density at radius 1 is 1.40 bits per heavy atom. The van der Waals surface area contributed by atoms with Crippen LogP contribution < -0.4 is 10.6 Å². The molecule has 0 aromatic carbocycles. The van der Waals surface area contributed by atoms with Crippen molar-refractivity contribution in [1.29, 1.82) is 0 Å². The molecule has 102 valence electrons. The zero-order valence-corrected chi connectivity index (χ0v) is 11.5. The van der Waals surface area contributed by atoms with Gasteiger partial charge in [0.15, 0.2) is 5.65 Å². The second-order valence-corrected chi connectivity index (χ2v) is 5.44. The van der Waals surface area contributed by atoms with Crippen LogP contribution >= 0.6 is 11.3 Å². The molecule has 3 aromatic rings. The predicted molar refractivity (Wildman–Crippen MR) is 75.7 cm³/mol. The van der Waals surface area contributed by atoms with Crippen LogP contribution in [0.3, 0.4) is 0 Å². The van der Waals surface area contributed by atoms with Gasteiger partial charge < -0.3 is 5.32 Å². The maximum absolute atomic E-state index is 11.8. The standard InChI is InChI=1S/C12H12N6OS/c1-8-6-13-10(20-8)7-14-12(19)15-11-17-16-9-4-2-3-5-18(9)11/h2-6H,7H2,1H3,(H2,14,15,17,19). The van der Waals surface area contributed by atoms with Gasteiger partial charge in [-0.15, -0.1) is 21.5 Å². The molecule has 0 radical (unpaired) electrons. The number of amides is 2. The van der Waals surface area contributed by atoms with Gasteiger partial charge in [-0.05, 0) is 19.1 Å². The molecule has 0 unspecified atom stereocenters. The van der Waals surface area contributed by atoms with E-state index >= 15 is 0 Å². The number of urea groups is 1. The van der Waals surface area contributed by atoms with Gasteiger partial charge in [0.1, 0.15) is 5.01 Å². The fourth-order valence-corrected chi connectivity index (χ4v) is 2.44. The van der Waals surface area contributed by atoms with Gasteiger partial charge >= 0.3 is 6.03 Å². The number of hydrogen-bond acceptors (Lipinski definition) is 5. The molecular weight excluding hydrogens is 276 g/mol. The summed E-state index contributed by atoms with van der Waals surface area (Å²) in [6, 6.07) is 5.18. The van der Waals surface area contributed by atoms with Crippen molar-refractivity contribution in [2.75, 3.05) is 5.32 Å². The Morgan fingerprint density at radius 3 is 3.10 bits per heavy atom. The summed E-state index contributed by atoms with van der Waals surface area (Å²) in [4.78, 5) is 17.1. The van der Waals surface area contributed by atoms with Gasteiger partial charge in [0.05, 0.1) is 6.54 Å². The van der Waals surface area contributed by atoms with Crippen LogP contribution in [0.2, 0.25) is 0 Å². The number of aryl methyl sites for hydroxylation is 1. The maximum Gasteiger partial charge on any atom is 0.321 e. The van der Waals surface area contributed by atoms with E-state index in [0.717, 1.165) is 9.88 Å². The van der Waals surface area contributed by atoms with E-state index in [4.69, 9.17) is 0 Å². The van der Waals surface area contributed by atoms with Crippen molar-refractivity contribution in [3.63, 3.8) is 0 Å². The predicted octanol–water partition coefficient (Wildman–Crippen LogP) is 1.82. The second-order valence-electron chi connectivity index (χ2n) is 4.12. The minimum Gasteiger partial charge on any atom is -0.331 e. The number of carbonyl (C=O) groups is 1. The third-order valence-electron chi connectivity index (χ3n) is 2.61. The Balaban J connectivity index is 1.64. The summed E-state index contributed by atoms with van der Waals surface area (Å²) in [6.07, 6.45) is 3.57. The van der Waals surface area contributed by atoms with Crippen molar-refractivity contribution >= 4 is 29.0 Å². The van der Waals surface area contributed by atoms with E-state index in [1.165, 1.54) is 0 Å². The van der Waals surface area contributed by atoms with Crippen molar-refractivity contribution in [3.05, 3.63) is 40.5 Å². The summed E-state index contributed by atoms with van der Waals surface area (Å²) in [6.45, 7) is 2.37. The van der Waals surface area contributed by atoms with Gasteiger partial charge in [0.25, 0.3) is 0 Å². The van der Waals surface area contributed by atoms with Crippen LogP contribution in [0.25, 0.3) is 5.65 Å². The monoisotopic (exact) mass is 288 g/mol. The van der Waals surface area contributed by atoms with Crippen LogP contribution in [0.5, 0.6) is 0 Å². The molecule has 20 heavy (non-hydrogen) atoms. The molecule has 0 aliphatic heterocycles. The molecule has 3 aromatic heterocycles. The molecule has 0 spiro atoms. The van der Waals surface area contributed by atoms with Crippen LogP contribution in [-0.2, 0) is 6.54 Å². The summed E-state index contributed by atoms with van der Waals surface area (Å²) in [5, 5.41) is 14.1. The van der Waals surface area contributed by atoms with Crippen LogP contribution in [-0.4, -0.2) is 25.6 Å². The third kappa shape index (κ3) is 2.59. The fourth-order valence-electron chi connectivity index (χ4n) is 1.71. The number of carbonyl (C=O) groups excluding carboxylic acids is 1. The highest BCUT2D eigenvalue weighted by molar-refractivity contribution is 7.11. The Kier molecular flexibility index (Phi) is 3.30. The molecule has 0 saturated heterocycles. The van der Waals surface area contributed by atoms with E-state index in [1.807, 2.05) is 25.1 Å². The topological polar surface area (TPSA) is 84.2 Å². The zero-order valence-electron chi connectivity index (χ0n) is 10.7. The Bertz CT molecular complexity index is 749. The van der Waals surface area contributed by atoms with Gasteiger partial charge in [-0.1, -0.05) is 6.07 Å². The van der Waals surface area contributed by atoms with E-state index in [0.29, 0.717) is 18.1 Å². The molecule has 0 fully saturated rings. The third-order valence-corrected chi connectivity index (χ3v) is 3.52. The second kappa shape index (κ2) is 5.25. The number of rotatable bonds is 3. The van der Waals surface area contributed by atoms with Gasteiger partial charge in [-0.3, -0.25) is 9.72 Å². The average Bonchev–Trinajstić information content (AvgIpc) is 3.04. The molecule has 0 saturated carbocycles. The number of aromatic nitrogens is 4. The van der Waals surface area contributed by atoms with Crippen LogP contribution in [0, 0.1) is 6.92 Å². The molecule has 7 nitrogen and oxygen atoms in total. The number of anilines is 1. The normalized spacial score (nSPS) is 10.7. The first kappa shape index (κ1) is 12.5. The lowest BCUT2D eigenvalue weighted by Crippen LogP contribution is -2.29. The summed E-state index contributed by atoms with van der Waals surface area (Å²) in [5.74, 6) is 0.383. The minimum absolute atomic E-state index is 0.337. The Hall–Kier alpha value is -2.48. The number of nitrogens with one attached hydrogen (secondary N) is 2. The summed E-state index contributed by atoms with van der Waals surface area (Å²) in [5.41, 5.74) is 0.679. The number of hydrogen-bond donors (Lipinski definition) is 2. The quantitative estimate of drug-likeness (QED) is 0.770. The fraction of sp³-hybridized carbons (Fsp3) is 0.167. The van der Waals surface area contributed by atoms with Crippen molar-refractivity contribution in [2.45, 2.75) is 13.5 Å². The van der Waals surface area contributed by atoms with Crippen molar-refractivity contribution < 1.29 is 4.79 Å². The SMILES string of the molecule is Cc1cnc(CNC(=O)Nc2nnc3ccccn23)s1. The average molecular weight is 288 g/mol. The van der Waals surface area contributed by atoms with E-state index in [-0.39, 0.29) is 6.03 Å². The van der Waals surface area contributed by atoms with Crippen molar-refractivity contribution in [1.82, 2.24) is 24.9 Å². The maximum atomic E-state index is 11.8. The number of nitrogens with zero attached hydrogens (tertiary/aromatic N) is 4. The highest BCUT2D eigenvalue weighted by Crippen LogP contribution is 2.11. The first-order valence-corrected chi connectivity index (χ1v) is 6.80. The first-order valence-electron chi connectivity index (χ1n) is 5.98. The molecule has 2 N–H and O–H groups in total. The lowest BCUT2D eigenvalue weighted by atomic mass is 10.5. The molecule has 3 heterocycles. The molecule has 3 rings (SSSR count). The van der Waals surface area contributed by atoms with Crippen LogP contribution in [0.4, 0.5) is 10.7 Å². The molecule has 0 bridgehead atoms. The van der Waals surface area contributed by atoms with E-state index < -0.39 is 0 Å². The number of fused-ring (bicyclic) bond motifs is 1. The van der Waals surface area contributed by atoms with Gasteiger partial charge in [0, 0.05) is 17.3 Å². The molecule has 0 aliphatic carbocycles. The van der Waals surface area contributed by atoms with E-state index in [9.17, 15) is 4.79 Å². The Labute approximate surface area is 118 Å². The number of thiazole rings is 1. The highest BCUT2D eigenvalue weighted by atomic mass is 32.1. The van der Waals surface area contributed by atoms with E-state index in [2.05, 4.69) is 25.8 Å². The van der Waals surface area contributed by atoms with Gasteiger partial charge in [-0.2, -0.15) is 0 Å². The Morgan fingerprint density at radius 2 is 2.30 bits per heavy atom. The lowest BCUT2D eigenvalue weighted by Gasteiger charge is -2.04. The summed E-state index contributed by atoms with van der Waals surface area (Å²) < 4.78 is 1.70. The summed E-state index contributed by atoms with van der Waals surface area (Å²) in [7, 11) is 0. The lowest BCUT2D eigenvalue weighted by molar-refractivity contribution is 0.251. The smallest absolute Gasteiger partial charge is 0.321 e. The molecule has 0 atom stereocenters. The van der Waals surface area contributed by atoms with E-state index in [1.54, 1.807) is 28.1 Å².